The topological polar surface area (TPSA) is 12.0 Å². The van der Waals surface area contributed by atoms with Gasteiger partial charge in [0.05, 0.1) is 0 Å². The fraction of sp³-hybridized carbons (Fsp3) is 0.647. The summed E-state index contributed by atoms with van der Waals surface area (Å²) in [6.07, 6.45) is 2.14. The average molecular weight is 283 g/mol. The van der Waals surface area contributed by atoms with E-state index in [4.69, 9.17) is 0 Å². The van der Waals surface area contributed by atoms with Crippen LogP contribution in [0.25, 0.3) is 0 Å². The normalized spacial score (nSPS) is 14.6. The molecule has 1 rings (SSSR count). The van der Waals surface area contributed by atoms with E-state index >= 15 is 0 Å². The van der Waals surface area contributed by atoms with Crippen LogP contribution in [0, 0.1) is 23.5 Å². The molecule has 1 aromatic carbocycles. The first-order valence-electron chi connectivity index (χ1n) is 7.60. The molecule has 0 aromatic heterocycles. The molecule has 1 N–H and O–H groups in total. The van der Waals surface area contributed by atoms with Crippen LogP contribution in [-0.4, -0.2) is 13.1 Å². The number of benzene rings is 1. The molecule has 0 fully saturated rings. The van der Waals surface area contributed by atoms with Gasteiger partial charge in [0.1, 0.15) is 11.6 Å². The van der Waals surface area contributed by atoms with E-state index in [2.05, 4.69) is 33.0 Å². The highest BCUT2D eigenvalue weighted by molar-refractivity contribution is 5.23. The first kappa shape index (κ1) is 17.1. The summed E-state index contributed by atoms with van der Waals surface area (Å²) in [4.78, 5) is 0. The zero-order valence-corrected chi connectivity index (χ0v) is 13.0. The number of rotatable bonds is 8. The molecule has 2 unspecified atom stereocenters. The zero-order valence-electron chi connectivity index (χ0n) is 13.0. The molecule has 0 bridgehead atoms. The Labute approximate surface area is 121 Å². The highest BCUT2D eigenvalue weighted by Crippen LogP contribution is 2.28. The maximum atomic E-state index is 13.4. The molecule has 1 nitrogen and oxygen atoms in total. The van der Waals surface area contributed by atoms with Crippen LogP contribution in [0.5, 0.6) is 0 Å². The van der Waals surface area contributed by atoms with Crippen LogP contribution in [0.2, 0.25) is 0 Å². The first-order chi connectivity index (χ1) is 9.43. The average Bonchev–Trinajstić information content (AvgIpc) is 2.33. The molecule has 0 radical (unpaired) electrons. The number of hydrogen-bond donors (Lipinski definition) is 1. The Bertz CT molecular complexity index is 384. The third-order valence-electron chi connectivity index (χ3n) is 3.66. The van der Waals surface area contributed by atoms with Crippen molar-refractivity contribution in [3.05, 3.63) is 35.4 Å². The first-order valence-corrected chi connectivity index (χ1v) is 7.60. The molecule has 0 spiro atoms. The van der Waals surface area contributed by atoms with Crippen LogP contribution in [0.4, 0.5) is 8.78 Å². The molecular weight excluding hydrogens is 256 g/mol. The van der Waals surface area contributed by atoms with Gasteiger partial charge in [0.2, 0.25) is 0 Å². The lowest BCUT2D eigenvalue weighted by molar-refractivity contribution is 0.392. The Balaban J connectivity index is 2.84. The molecule has 0 amide bonds. The molecule has 0 aliphatic rings. The maximum absolute atomic E-state index is 13.4. The minimum atomic E-state index is -0.488. The molecule has 0 heterocycles. The Hall–Kier alpha value is -0.960. The van der Waals surface area contributed by atoms with Crippen LogP contribution >= 0.6 is 0 Å². The zero-order chi connectivity index (χ0) is 15.1. The van der Waals surface area contributed by atoms with Gasteiger partial charge in [-0.15, -0.1) is 0 Å². The van der Waals surface area contributed by atoms with Gasteiger partial charge in [0.25, 0.3) is 0 Å². The molecule has 0 saturated heterocycles. The lowest BCUT2D eigenvalue weighted by atomic mass is 9.84. The minimum Gasteiger partial charge on any atom is -0.316 e. The Kier molecular flexibility index (Phi) is 7.14. The van der Waals surface area contributed by atoms with Gasteiger partial charge in [-0.3, -0.25) is 0 Å². The van der Waals surface area contributed by atoms with Crippen LogP contribution < -0.4 is 5.32 Å². The fourth-order valence-electron chi connectivity index (χ4n) is 2.62. The van der Waals surface area contributed by atoms with E-state index in [9.17, 15) is 8.78 Å². The van der Waals surface area contributed by atoms with Crippen molar-refractivity contribution in [2.75, 3.05) is 13.1 Å². The molecule has 0 aliphatic heterocycles. The predicted octanol–water partition coefficient (Wildman–Crippen LogP) is 4.73. The third kappa shape index (κ3) is 5.58. The van der Waals surface area contributed by atoms with Crippen molar-refractivity contribution in [3.63, 3.8) is 0 Å². The predicted molar refractivity (Wildman–Crippen MR) is 80.9 cm³/mol. The van der Waals surface area contributed by atoms with E-state index < -0.39 is 11.6 Å². The van der Waals surface area contributed by atoms with Crippen LogP contribution in [0.15, 0.2) is 18.2 Å². The van der Waals surface area contributed by atoms with Crippen LogP contribution in [0.3, 0.4) is 0 Å². The Morgan fingerprint density at radius 2 is 1.60 bits per heavy atom. The highest BCUT2D eigenvalue weighted by Gasteiger charge is 2.20. The molecule has 0 saturated carbocycles. The lowest BCUT2D eigenvalue weighted by Gasteiger charge is -2.25. The van der Waals surface area contributed by atoms with E-state index in [1.807, 2.05) is 0 Å². The molecule has 2 atom stereocenters. The molecular formula is C17H27F2N. The summed E-state index contributed by atoms with van der Waals surface area (Å²) < 4.78 is 26.9. The minimum absolute atomic E-state index is 0.152. The van der Waals surface area contributed by atoms with E-state index in [1.54, 1.807) is 0 Å². The third-order valence-corrected chi connectivity index (χ3v) is 3.66. The Morgan fingerprint density at radius 1 is 1.00 bits per heavy atom. The second-order valence-corrected chi connectivity index (χ2v) is 6.13. The van der Waals surface area contributed by atoms with Crippen molar-refractivity contribution in [1.29, 1.82) is 0 Å². The summed E-state index contributed by atoms with van der Waals surface area (Å²) in [5, 5.41) is 3.42. The summed E-state index contributed by atoms with van der Waals surface area (Å²) in [7, 11) is 0. The van der Waals surface area contributed by atoms with E-state index in [0.717, 1.165) is 37.6 Å². The maximum Gasteiger partial charge on any atom is 0.126 e. The van der Waals surface area contributed by atoms with Gasteiger partial charge in [-0.1, -0.05) is 40.5 Å². The standard InChI is InChI=1S/C17H27F2N/c1-5-6-13(4)17(11-20-10-12(2)3)14-7-15(18)9-16(19)8-14/h7-9,12-13,17,20H,5-6,10-11H2,1-4H3. The van der Waals surface area contributed by atoms with Gasteiger partial charge in [-0.2, -0.15) is 0 Å². The summed E-state index contributed by atoms with van der Waals surface area (Å²) in [6, 6.07) is 3.88. The van der Waals surface area contributed by atoms with Crippen molar-refractivity contribution in [2.24, 2.45) is 11.8 Å². The van der Waals surface area contributed by atoms with Crippen LogP contribution in [0.1, 0.15) is 52.0 Å². The van der Waals surface area contributed by atoms with Gasteiger partial charge in [0.15, 0.2) is 0 Å². The molecule has 114 valence electrons. The van der Waals surface area contributed by atoms with Gasteiger partial charge in [-0.25, -0.2) is 8.78 Å². The monoisotopic (exact) mass is 283 g/mol. The van der Waals surface area contributed by atoms with Crippen molar-refractivity contribution in [2.45, 2.75) is 46.5 Å². The summed E-state index contributed by atoms with van der Waals surface area (Å²) in [5.41, 5.74) is 0.764. The second-order valence-electron chi connectivity index (χ2n) is 6.13. The lowest BCUT2D eigenvalue weighted by Crippen LogP contribution is -2.28. The van der Waals surface area contributed by atoms with Gasteiger partial charge < -0.3 is 5.32 Å². The molecule has 20 heavy (non-hydrogen) atoms. The van der Waals surface area contributed by atoms with Gasteiger partial charge in [0, 0.05) is 12.6 Å². The van der Waals surface area contributed by atoms with Gasteiger partial charge >= 0.3 is 0 Å². The quantitative estimate of drug-likeness (QED) is 0.727. The van der Waals surface area contributed by atoms with Crippen LogP contribution in [-0.2, 0) is 0 Å². The summed E-state index contributed by atoms with van der Waals surface area (Å²) >= 11 is 0. The van der Waals surface area contributed by atoms with Crippen molar-refractivity contribution in [1.82, 2.24) is 5.32 Å². The summed E-state index contributed by atoms with van der Waals surface area (Å²) in [6.45, 7) is 10.3. The Morgan fingerprint density at radius 3 is 2.10 bits per heavy atom. The van der Waals surface area contributed by atoms with E-state index in [1.165, 1.54) is 12.1 Å². The van der Waals surface area contributed by atoms with Gasteiger partial charge in [-0.05, 0) is 42.0 Å². The summed E-state index contributed by atoms with van der Waals surface area (Å²) in [5.74, 6) is 0.149. The second kappa shape index (κ2) is 8.35. The van der Waals surface area contributed by atoms with E-state index in [0.29, 0.717) is 11.8 Å². The fourth-order valence-corrected chi connectivity index (χ4v) is 2.62. The van der Waals surface area contributed by atoms with Crippen molar-refractivity contribution >= 4 is 0 Å². The number of halogens is 2. The number of nitrogens with one attached hydrogen (secondary N) is 1. The van der Waals surface area contributed by atoms with E-state index in [-0.39, 0.29) is 5.92 Å². The molecule has 0 aliphatic carbocycles. The number of hydrogen-bond acceptors (Lipinski definition) is 1. The molecule has 1 aromatic rings. The highest BCUT2D eigenvalue weighted by atomic mass is 19.1. The smallest absolute Gasteiger partial charge is 0.126 e. The van der Waals surface area contributed by atoms with Crippen molar-refractivity contribution < 1.29 is 8.78 Å². The van der Waals surface area contributed by atoms with Crippen molar-refractivity contribution in [3.8, 4) is 0 Å². The molecule has 3 heteroatoms. The SMILES string of the molecule is CCCC(C)C(CNCC(C)C)c1cc(F)cc(F)c1. The largest absolute Gasteiger partial charge is 0.316 e.